The lowest BCUT2D eigenvalue weighted by atomic mass is 9.98. The van der Waals surface area contributed by atoms with Crippen LogP contribution in [-0.2, 0) is 16.6 Å². The number of nitrogens with zero attached hydrogens (tertiary/aromatic N) is 2. The van der Waals surface area contributed by atoms with Crippen molar-refractivity contribution in [2.45, 2.75) is 19.4 Å². The van der Waals surface area contributed by atoms with Gasteiger partial charge < -0.3 is 10.6 Å². The van der Waals surface area contributed by atoms with Crippen LogP contribution in [0.15, 0.2) is 29.3 Å². The van der Waals surface area contributed by atoms with Gasteiger partial charge in [-0.3, -0.25) is 4.99 Å². The molecule has 0 amide bonds. The Labute approximate surface area is 172 Å². The fraction of sp³-hybridized carbons (Fsp3) is 0.562. The maximum Gasteiger partial charge on any atom is 0.211 e. The van der Waals surface area contributed by atoms with Crippen LogP contribution < -0.4 is 10.6 Å². The van der Waals surface area contributed by atoms with Crippen molar-refractivity contribution in [2.75, 3.05) is 32.9 Å². The Hall–Kier alpha value is -0.580. The smallest absolute Gasteiger partial charge is 0.211 e. The van der Waals surface area contributed by atoms with E-state index in [9.17, 15) is 8.42 Å². The van der Waals surface area contributed by atoms with Crippen molar-refractivity contribution in [1.82, 2.24) is 14.9 Å². The SMILES string of the molecule is CN=C(NCc1ccccc1Cl)NCC1CCN(S(C)(=O)=O)CC1.I. The number of hydrogen-bond donors (Lipinski definition) is 2. The van der Waals surface area contributed by atoms with Crippen molar-refractivity contribution in [3.05, 3.63) is 34.9 Å². The molecule has 1 fully saturated rings. The molecule has 1 aliphatic rings. The molecular formula is C16H26ClIN4O2S. The summed E-state index contributed by atoms with van der Waals surface area (Å²) in [5.41, 5.74) is 1.02. The molecule has 0 aromatic heterocycles. The average Bonchev–Trinajstić information content (AvgIpc) is 2.56. The highest BCUT2D eigenvalue weighted by atomic mass is 127. The maximum atomic E-state index is 11.5. The first-order valence-corrected chi connectivity index (χ1v) is 10.3. The molecule has 2 N–H and O–H groups in total. The van der Waals surface area contributed by atoms with Crippen molar-refractivity contribution in [3.8, 4) is 0 Å². The molecule has 9 heteroatoms. The number of piperidine rings is 1. The molecule has 1 saturated heterocycles. The minimum atomic E-state index is -3.06. The van der Waals surface area contributed by atoms with E-state index >= 15 is 0 Å². The zero-order valence-electron chi connectivity index (χ0n) is 14.5. The minimum absolute atomic E-state index is 0. The summed E-state index contributed by atoms with van der Waals surface area (Å²) in [7, 11) is -1.33. The van der Waals surface area contributed by atoms with E-state index in [1.807, 2.05) is 24.3 Å². The number of rotatable bonds is 5. The van der Waals surface area contributed by atoms with Crippen LogP contribution in [0.2, 0.25) is 5.02 Å². The van der Waals surface area contributed by atoms with E-state index in [1.54, 1.807) is 11.4 Å². The van der Waals surface area contributed by atoms with Crippen LogP contribution in [0.4, 0.5) is 0 Å². The number of nitrogens with one attached hydrogen (secondary N) is 2. The largest absolute Gasteiger partial charge is 0.356 e. The molecule has 1 heterocycles. The van der Waals surface area contributed by atoms with E-state index in [0.717, 1.165) is 35.9 Å². The Balaban J connectivity index is 0.00000312. The fourth-order valence-corrected chi connectivity index (χ4v) is 3.80. The van der Waals surface area contributed by atoms with Crippen LogP contribution in [0.25, 0.3) is 0 Å². The van der Waals surface area contributed by atoms with Gasteiger partial charge >= 0.3 is 0 Å². The van der Waals surface area contributed by atoms with Crippen molar-refractivity contribution in [3.63, 3.8) is 0 Å². The molecule has 0 atom stereocenters. The van der Waals surface area contributed by atoms with Gasteiger partial charge in [-0.15, -0.1) is 24.0 Å². The Kier molecular flexibility index (Phi) is 9.47. The van der Waals surface area contributed by atoms with Gasteiger partial charge in [-0.05, 0) is 30.4 Å². The molecule has 142 valence electrons. The molecule has 1 aliphatic heterocycles. The number of halogens is 2. The Morgan fingerprint density at radius 1 is 1.28 bits per heavy atom. The van der Waals surface area contributed by atoms with Crippen molar-refractivity contribution >= 4 is 51.6 Å². The van der Waals surface area contributed by atoms with Gasteiger partial charge in [0.15, 0.2) is 5.96 Å². The third kappa shape index (κ3) is 7.28. The van der Waals surface area contributed by atoms with Gasteiger partial charge in [0, 0.05) is 38.2 Å². The number of guanidine groups is 1. The van der Waals surface area contributed by atoms with Crippen molar-refractivity contribution in [1.29, 1.82) is 0 Å². The van der Waals surface area contributed by atoms with Gasteiger partial charge in [-0.2, -0.15) is 0 Å². The summed E-state index contributed by atoms with van der Waals surface area (Å²) in [6.07, 6.45) is 3.00. The van der Waals surface area contributed by atoms with E-state index in [-0.39, 0.29) is 24.0 Å². The number of aliphatic imine (C=N–C) groups is 1. The topological polar surface area (TPSA) is 73.8 Å². The quantitative estimate of drug-likeness (QED) is 0.370. The van der Waals surface area contributed by atoms with Gasteiger partial charge in [0.1, 0.15) is 0 Å². The molecule has 0 spiro atoms. The molecule has 0 bridgehead atoms. The lowest BCUT2D eigenvalue weighted by Gasteiger charge is -2.30. The van der Waals surface area contributed by atoms with Gasteiger partial charge in [0.2, 0.25) is 10.0 Å². The van der Waals surface area contributed by atoms with Crippen molar-refractivity contribution < 1.29 is 8.42 Å². The number of sulfonamides is 1. The van der Waals surface area contributed by atoms with Gasteiger partial charge in [-0.1, -0.05) is 29.8 Å². The van der Waals surface area contributed by atoms with Crippen LogP contribution in [0.1, 0.15) is 18.4 Å². The zero-order chi connectivity index (χ0) is 17.6. The Morgan fingerprint density at radius 3 is 2.48 bits per heavy atom. The highest BCUT2D eigenvalue weighted by Gasteiger charge is 2.24. The second-order valence-corrected chi connectivity index (χ2v) is 8.39. The first-order valence-electron chi connectivity index (χ1n) is 8.03. The molecule has 0 radical (unpaired) electrons. The molecule has 6 nitrogen and oxygen atoms in total. The first kappa shape index (κ1) is 22.5. The summed E-state index contributed by atoms with van der Waals surface area (Å²) in [5, 5.41) is 7.29. The third-order valence-corrected chi connectivity index (χ3v) is 5.90. The van der Waals surface area contributed by atoms with E-state index in [1.165, 1.54) is 6.26 Å². The van der Waals surface area contributed by atoms with E-state index in [0.29, 0.717) is 25.6 Å². The highest BCUT2D eigenvalue weighted by Crippen LogP contribution is 2.18. The lowest BCUT2D eigenvalue weighted by molar-refractivity contribution is 0.275. The third-order valence-electron chi connectivity index (χ3n) is 4.23. The highest BCUT2D eigenvalue weighted by molar-refractivity contribution is 14.0. The van der Waals surface area contributed by atoms with Crippen molar-refractivity contribution in [2.24, 2.45) is 10.9 Å². The standard InChI is InChI=1S/C16H25ClN4O2S.HI/c1-18-16(20-12-14-5-3-4-6-15(14)17)19-11-13-7-9-21(10-8-13)24(2,22)23;/h3-6,13H,7-12H2,1-2H3,(H2,18,19,20);1H. The second kappa shape index (κ2) is 10.5. The van der Waals surface area contributed by atoms with Gasteiger partial charge in [0.25, 0.3) is 0 Å². The molecule has 25 heavy (non-hydrogen) atoms. The van der Waals surface area contributed by atoms with E-state index in [4.69, 9.17) is 11.6 Å². The summed E-state index contributed by atoms with van der Waals surface area (Å²) >= 11 is 6.15. The first-order chi connectivity index (χ1) is 11.4. The van der Waals surface area contributed by atoms with Gasteiger partial charge in [-0.25, -0.2) is 12.7 Å². The molecule has 0 unspecified atom stereocenters. The molecule has 0 aliphatic carbocycles. The summed E-state index contributed by atoms with van der Waals surface area (Å²) < 4.78 is 24.6. The van der Waals surface area contributed by atoms with Crippen LogP contribution in [0.5, 0.6) is 0 Å². The molecule has 1 aromatic rings. The maximum absolute atomic E-state index is 11.5. The van der Waals surface area contributed by atoms with Gasteiger partial charge in [0.05, 0.1) is 6.26 Å². The minimum Gasteiger partial charge on any atom is -0.356 e. The Morgan fingerprint density at radius 2 is 1.92 bits per heavy atom. The summed E-state index contributed by atoms with van der Waals surface area (Å²) in [5.74, 6) is 1.17. The van der Waals surface area contributed by atoms with Crippen LogP contribution in [0.3, 0.4) is 0 Å². The van der Waals surface area contributed by atoms with E-state index < -0.39 is 10.0 Å². The van der Waals surface area contributed by atoms with Crippen LogP contribution >= 0.6 is 35.6 Å². The fourth-order valence-electron chi connectivity index (χ4n) is 2.73. The van der Waals surface area contributed by atoms with Crippen LogP contribution in [-0.4, -0.2) is 51.6 Å². The normalized spacial score (nSPS) is 17.0. The number of hydrogen-bond acceptors (Lipinski definition) is 3. The summed E-state index contributed by atoms with van der Waals surface area (Å²) in [4.78, 5) is 4.22. The predicted molar refractivity (Wildman–Crippen MR) is 114 cm³/mol. The molecule has 2 rings (SSSR count). The molecule has 1 aromatic carbocycles. The average molecular weight is 501 g/mol. The lowest BCUT2D eigenvalue weighted by Crippen LogP contribution is -2.43. The monoisotopic (exact) mass is 500 g/mol. The predicted octanol–water partition coefficient (Wildman–Crippen LogP) is 2.29. The molecular weight excluding hydrogens is 475 g/mol. The number of benzene rings is 1. The Bertz CT molecular complexity index is 676. The van der Waals surface area contributed by atoms with E-state index in [2.05, 4.69) is 15.6 Å². The summed E-state index contributed by atoms with van der Waals surface area (Å²) in [6.45, 7) is 2.57. The summed E-state index contributed by atoms with van der Waals surface area (Å²) in [6, 6.07) is 7.70. The van der Waals surface area contributed by atoms with Crippen LogP contribution in [0, 0.1) is 5.92 Å². The second-order valence-electron chi connectivity index (χ2n) is 6.00. The zero-order valence-corrected chi connectivity index (χ0v) is 18.4. The molecule has 0 saturated carbocycles.